The van der Waals surface area contributed by atoms with E-state index in [0.717, 1.165) is 29.7 Å². The summed E-state index contributed by atoms with van der Waals surface area (Å²) in [6, 6.07) is 4.97. The number of rotatable bonds is 6. The number of thiophene rings is 1. The lowest BCUT2D eigenvalue weighted by Crippen LogP contribution is -2.37. The third-order valence-corrected chi connectivity index (χ3v) is 9.95. The van der Waals surface area contributed by atoms with Crippen LogP contribution in [0.2, 0.25) is 0 Å². The molecule has 196 valence electrons. The quantitative estimate of drug-likeness (QED) is 0.571. The number of hydrogen-bond donors (Lipinski definition) is 2. The van der Waals surface area contributed by atoms with Crippen LogP contribution in [-0.2, 0) is 27.5 Å². The van der Waals surface area contributed by atoms with Crippen LogP contribution in [0, 0.1) is 17.2 Å². The van der Waals surface area contributed by atoms with Crippen molar-refractivity contribution in [3.05, 3.63) is 46.1 Å². The molecule has 2 amide bonds. The summed E-state index contributed by atoms with van der Waals surface area (Å²) in [5.41, 5.74) is 1.47. The molecule has 1 aliphatic heterocycles. The Morgan fingerprint density at radius 3 is 2.47 bits per heavy atom. The van der Waals surface area contributed by atoms with Crippen LogP contribution in [0.4, 0.5) is 9.39 Å². The van der Waals surface area contributed by atoms with Gasteiger partial charge < -0.3 is 15.4 Å². The van der Waals surface area contributed by atoms with Gasteiger partial charge in [-0.25, -0.2) is 12.8 Å². The van der Waals surface area contributed by atoms with E-state index in [1.807, 2.05) is 0 Å². The first-order valence-corrected chi connectivity index (χ1v) is 14.8. The number of carbonyl (C=O) groups is 2. The van der Waals surface area contributed by atoms with Crippen LogP contribution < -0.4 is 15.4 Å². The highest BCUT2D eigenvalue weighted by atomic mass is 32.2. The Bertz CT molecular complexity index is 1250. The molecule has 3 atom stereocenters. The van der Waals surface area contributed by atoms with E-state index in [9.17, 15) is 22.4 Å². The van der Waals surface area contributed by atoms with Gasteiger partial charge in [-0.15, -0.1) is 11.3 Å². The molecule has 0 spiro atoms. The van der Waals surface area contributed by atoms with Crippen molar-refractivity contribution in [2.75, 3.05) is 16.8 Å². The van der Waals surface area contributed by atoms with E-state index in [0.29, 0.717) is 28.7 Å². The van der Waals surface area contributed by atoms with E-state index >= 15 is 0 Å². The van der Waals surface area contributed by atoms with Crippen LogP contribution in [-0.4, -0.2) is 43.9 Å². The molecule has 1 aliphatic carbocycles. The minimum absolute atomic E-state index is 0.0643. The van der Waals surface area contributed by atoms with Crippen molar-refractivity contribution in [1.82, 2.24) is 5.32 Å². The van der Waals surface area contributed by atoms with Crippen molar-refractivity contribution in [3.63, 3.8) is 0 Å². The number of amides is 2. The SMILES string of the molecule is C[C@H](Oc1ccc(F)cc1)C(=O)Nc1sc2c(c1C(=O)N[C@H]1CCS(=O)(=O)C1)CC[C@@H](C(C)(C)C)C2. The number of fused-ring (bicyclic) bond motifs is 1. The van der Waals surface area contributed by atoms with Gasteiger partial charge in [-0.05, 0) is 73.8 Å². The first kappa shape index (κ1) is 26.6. The number of benzene rings is 1. The Labute approximate surface area is 215 Å². The second-order valence-corrected chi connectivity index (χ2v) is 14.1. The van der Waals surface area contributed by atoms with Crippen molar-refractivity contribution in [1.29, 1.82) is 0 Å². The average Bonchev–Trinajstić information content (AvgIpc) is 3.32. The number of carbonyl (C=O) groups excluding carboxylic acids is 2. The third kappa shape index (κ3) is 6.08. The molecule has 2 aromatic rings. The summed E-state index contributed by atoms with van der Waals surface area (Å²) in [6.45, 7) is 8.22. The lowest BCUT2D eigenvalue weighted by molar-refractivity contribution is -0.122. The first-order valence-electron chi connectivity index (χ1n) is 12.2. The molecule has 36 heavy (non-hydrogen) atoms. The summed E-state index contributed by atoms with van der Waals surface area (Å²) in [6.07, 6.45) is 1.98. The molecule has 1 aromatic heterocycles. The standard InChI is InChI=1S/C26H33FN2O5S2/c1-15(34-19-8-6-17(27)7-9-19)23(30)29-25-22(24(31)28-18-11-12-36(32,33)14-18)20-10-5-16(26(2,3)4)13-21(20)35-25/h6-9,15-16,18H,5,10-14H2,1-4H3,(H,28,31)(H,29,30)/t15-,16+,18-/m0/s1. The van der Waals surface area contributed by atoms with Gasteiger partial charge in [0.15, 0.2) is 15.9 Å². The molecule has 0 bridgehead atoms. The molecular formula is C26H33FN2O5S2. The molecule has 1 saturated heterocycles. The fourth-order valence-electron chi connectivity index (χ4n) is 4.80. The molecule has 2 heterocycles. The van der Waals surface area contributed by atoms with Crippen LogP contribution in [0.3, 0.4) is 0 Å². The van der Waals surface area contributed by atoms with Gasteiger partial charge in [-0.3, -0.25) is 9.59 Å². The fraction of sp³-hybridized carbons (Fsp3) is 0.538. The zero-order valence-corrected chi connectivity index (χ0v) is 22.7. The van der Waals surface area contributed by atoms with Crippen molar-refractivity contribution >= 4 is 38.0 Å². The number of halogens is 1. The molecule has 2 aliphatic rings. The lowest BCUT2D eigenvalue weighted by Gasteiger charge is -2.33. The topological polar surface area (TPSA) is 102 Å². The van der Waals surface area contributed by atoms with Gasteiger partial charge in [0.25, 0.3) is 11.8 Å². The van der Waals surface area contributed by atoms with Crippen molar-refractivity contribution in [2.45, 2.75) is 65.5 Å². The van der Waals surface area contributed by atoms with Gasteiger partial charge in [-0.2, -0.15) is 0 Å². The van der Waals surface area contributed by atoms with E-state index in [-0.39, 0.29) is 22.8 Å². The summed E-state index contributed by atoms with van der Waals surface area (Å²) in [7, 11) is -3.15. The van der Waals surface area contributed by atoms with Crippen LogP contribution in [0.5, 0.6) is 5.75 Å². The zero-order chi connectivity index (χ0) is 26.3. The van der Waals surface area contributed by atoms with Crippen LogP contribution in [0.25, 0.3) is 0 Å². The van der Waals surface area contributed by atoms with Crippen molar-refractivity contribution in [3.8, 4) is 5.75 Å². The summed E-state index contributed by atoms with van der Waals surface area (Å²) >= 11 is 1.41. The van der Waals surface area contributed by atoms with E-state index in [4.69, 9.17) is 4.74 Å². The summed E-state index contributed by atoms with van der Waals surface area (Å²) < 4.78 is 42.6. The van der Waals surface area contributed by atoms with E-state index in [1.165, 1.54) is 35.6 Å². The maximum Gasteiger partial charge on any atom is 0.265 e. The molecule has 0 unspecified atom stereocenters. The Balaban J connectivity index is 1.57. The van der Waals surface area contributed by atoms with Crippen LogP contribution in [0.15, 0.2) is 24.3 Å². The van der Waals surface area contributed by atoms with Crippen LogP contribution in [0.1, 0.15) is 61.3 Å². The summed E-state index contributed by atoms with van der Waals surface area (Å²) in [4.78, 5) is 27.5. The number of ether oxygens (including phenoxy) is 1. The Morgan fingerprint density at radius 1 is 1.17 bits per heavy atom. The highest BCUT2D eigenvalue weighted by molar-refractivity contribution is 7.91. The molecule has 4 rings (SSSR count). The van der Waals surface area contributed by atoms with Gasteiger partial charge in [0.1, 0.15) is 16.6 Å². The number of sulfone groups is 1. The second-order valence-electron chi connectivity index (χ2n) is 10.8. The smallest absolute Gasteiger partial charge is 0.265 e. The summed E-state index contributed by atoms with van der Waals surface area (Å²) in [5.74, 6) is -0.380. The van der Waals surface area contributed by atoms with Gasteiger partial charge in [0.05, 0.1) is 17.1 Å². The van der Waals surface area contributed by atoms with E-state index in [2.05, 4.69) is 31.4 Å². The molecule has 7 nitrogen and oxygen atoms in total. The monoisotopic (exact) mass is 536 g/mol. The highest BCUT2D eigenvalue weighted by Gasteiger charge is 2.36. The molecule has 1 aromatic carbocycles. The third-order valence-electron chi connectivity index (χ3n) is 7.02. The highest BCUT2D eigenvalue weighted by Crippen LogP contribution is 2.44. The number of nitrogens with one attached hydrogen (secondary N) is 2. The first-order chi connectivity index (χ1) is 16.8. The van der Waals surface area contributed by atoms with Crippen molar-refractivity contribution < 1.29 is 27.1 Å². The molecular weight excluding hydrogens is 503 g/mol. The van der Waals surface area contributed by atoms with Crippen molar-refractivity contribution in [2.24, 2.45) is 11.3 Å². The van der Waals surface area contributed by atoms with Gasteiger partial charge in [0, 0.05) is 10.9 Å². The summed E-state index contributed by atoms with van der Waals surface area (Å²) in [5, 5.41) is 6.21. The van der Waals surface area contributed by atoms with Gasteiger partial charge in [0.2, 0.25) is 0 Å². The maximum atomic E-state index is 13.4. The van der Waals surface area contributed by atoms with E-state index in [1.54, 1.807) is 6.92 Å². The fourth-order valence-corrected chi connectivity index (χ4v) is 7.81. The van der Waals surface area contributed by atoms with Crippen LogP contribution >= 0.6 is 11.3 Å². The minimum Gasteiger partial charge on any atom is -0.481 e. The lowest BCUT2D eigenvalue weighted by atomic mass is 9.72. The molecule has 2 N–H and O–H groups in total. The Hall–Kier alpha value is -2.46. The van der Waals surface area contributed by atoms with Gasteiger partial charge in [-0.1, -0.05) is 20.8 Å². The molecule has 1 fully saturated rings. The zero-order valence-electron chi connectivity index (χ0n) is 21.0. The number of anilines is 1. The largest absolute Gasteiger partial charge is 0.481 e. The number of hydrogen-bond acceptors (Lipinski definition) is 6. The Kier molecular flexibility index (Phi) is 7.48. The Morgan fingerprint density at radius 2 is 1.86 bits per heavy atom. The van der Waals surface area contributed by atoms with Gasteiger partial charge >= 0.3 is 0 Å². The normalized spacial score (nSPS) is 21.9. The predicted octanol–water partition coefficient (Wildman–Crippen LogP) is 4.36. The minimum atomic E-state index is -3.15. The molecule has 0 radical (unpaired) electrons. The predicted molar refractivity (Wildman–Crippen MR) is 139 cm³/mol. The average molecular weight is 537 g/mol. The molecule has 0 saturated carbocycles. The second kappa shape index (κ2) is 10.1. The maximum absolute atomic E-state index is 13.4. The van der Waals surface area contributed by atoms with E-state index < -0.39 is 33.7 Å². The molecule has 10 heteroatoms.